The lowest BCUT2D eigenvalue weighted by Crippen LogP contribution is -2.15. The monoisotopic (exact) mass is 350 g/mol. The molecule has 7 heteroatoms. The molecular weight excluding hydrogens is 336 g/mol. The van der Waals surface area contributed by atoms with E-state index in [1.165, 1.54) is 22.1 Å². The number of phenolic OH excluding ortho intramolecular Hbond substituents is 1. The van der Waals surface area contributed by atoms with E-state index in [9.17, 15) is 9.90 Å². The number of carbonyl (C=O) groups is 1. The summed E-state index contributed by atoms with van der Waals surface area (Å²) in [5.41, 5.74) is 2.48. The van der Waals surface area contributed by atoms with Crippen LogP contribution in [0.1, 0.15) is 10.5 Å². The van der Waals surface area contributed by atoms with Crippen LogP contribution in [0.2, 0.25) is 0 Å². The smallest absolute Gasteiger partial charge is 0.273 e. The van der Waals surface area contributed by atoms with Gasteiger partial charge in [-0.1, -0.05) is 12.1 Å². The van der Waals surface area contributed by atoms with Crippen molar-refractivity contribution in [3.63, 3.8) is 0 Å². The number of thiazole rings is 1. The number of para-hydroxylation sites is 1. The highest BCUT2D eigenvalue weighted by molar-refractivity contribution is 7.21. The molecule has 4 rings (SSSR count). The molecule has 0 saturated heterocycles. The van der Waals surface area contributed by atoms with Crippen molar-refractivity contribution in [2.24, 2.45) is 7.05 Å². The Balaban J connectivity index is 1.62. The minimum atomic E-state index is -0.285. The highest BCUT2D eigenvalue weighted by atomic mass is 32.1. The number of hydrogen-bond acceptors (Lipinski definition) is 5. The molecule has 124 valence electrons. The maximum absolute atomic E-state index is 12.2. The molecule has 25 heavy (non-hydrogen) atoms. The minimum Gasteiger partial charge on any atom is -0.507 e. The van der Waals surface area contributed by atoms with Gasteiger partial charge in [0.25, 0.3) is 5.91 Å². The summed E-state index contributed by atoms with van der Waals surface area (Å²) in [7, 11) is 1.70. The molecule has 0 fully saturated rings. The Morgan fingerprint density at radius 3 is 2.76 bits per heavy atom. The molecule has 6 nitrogen and oxygen atoms in total. The molecule has 0 saturated carbocycles. The number of aromatic hydroxyl groups is 1. The Hall–Kier alpha value is -3.19. The molecule has 0 aliphatic carbocycles. The zero-order chi connectivity index (χ0) is 17.4. The molecule has 0 bridgehead atoms. The second kappa shape index (κ2) is 6.03. The Bertz CT molecular complexity index is 1050. The predicted octanol–water partition coefficient (Wildman–Crippen LogP) is 3.65. The zero-order valence-corrected chi connectivity index (χ0v) is 14.1. The Kier molecular flexibility index (Phi) is 3.70. The molecule has 0 radical (unpaired) electrons. The quantitative estimate of drug-likeness (QED) is 0.591. The van der Waals surface area contributed by atoms with Crippen molar-refractivity contribution in [3.05, 3.63) is 60.4 Å². The van der Waals surface area contributed by atoms with E-state index in [-0.39, 0.29) is 11.7 Å². The summed E-state index contributed by atoms with van der Waals surface area (Å²) in [5.74, 6) is -0.214. The first-order valence-electron chi connectivity index (χ1n) is 7.60. The fourth-order valence-electron chi connectivity index (χ4n) is 2.57. The van der Waals surface area contributed by atoms with Crippen molar-refractivity contribution in [1.29, 1.82) is 0 Å². The normalized spacial score (nSPS) is 10.9. The number of aromatic nitrogens is 3. The SMILES string of the molecule is Cn1nccc1C(=O)Nc1ccc(-c2nc3ccccc3s2)c(O)c1. The highest BCUT2D eigenvalue weighted by Gasteiger charge is 2.14. The summed E-state index contributed by atoms with van der Waals surface area (Å²) in [6.07, 6.45) is 1.56. The Labute approximate surface area is 147 Å². The molecule has 2 aromatic carbocycles. The van der Waals surface area contributed by atoms with Crippen LogP contribution in [0.15, 0.2) is 54.7 Å². The van der Waals surface area contributed by atoms with Gasteiger partial charge in [0, 0.05) is 25.0 Å². The molecule has 2 heterocycles. The van der Waals surface area contributed by atoms with Gasteiger partial charge in [-0.15, -0.1) is 11.3 Å². The molecule has 4 aromatic rings. The van der Waals surface area contributed by atoms with E-state index >= 15 is 0 Å². The van der Waals surface area contributed by atoms with Gasteiger partial charge in [-0.05, 0) is 30.3 Å². The van der Waals surface area contributed by atoms with Gasteiger partial charge in [-0.3, -0.25) is 9.48 Å². The van der Waals surface area contributed by atoms with E-state index in [1.807, 2.05) is 24.3 Å². The van der Waals surface area contributed by atoms with Crippen molar-refractivity contribution >= 4 is 33.1 Å². The number of hydrogen-bond donors (Lipinski definition) is 2. The summed E-state index contributed by atoms with van der Waals surface area (Å²) < 4.78 is 2.55. The zero-order valence-electron chi connectivity index (χ0n) is 13.3. The number of benzene rings is 2. The molecule has 0 aliphatic heterocycles. The molecular formula is C18H14N4O2S. The van der Waals surface area contributed by atoms with E-state index < -0.39 is 0 Å². The van der Waals surface area contributed by atoms with Crippen molar-refractivity contribution in [2.45, 2.75) is 0 Å². The minimum absolute atomic E-state index is 0.0712. The molecule has 2 N–H and O–H groups in total. The van der Waals surface area contributed by atoms with Crippen molar-refractivity contribution in [1.82, 2.24) is 14.8 Å². The number of anilines is 1. The fourth-order valence-corrected chi connectivity index (χ4v) is 3.57. The van der Waals surface area contributed by atoms with E-state index in [2.05, 4.69) is 15.4 Å². The number of fused-ring (bicyclic) bond motifs is 1. The standard InChI is InChI=1S/C18H14N4O2S/c1-22-14(8-9-19-22)17(24)20-11-6-7-12(15(23)10-11)18-21-13-4-2-3-5-16(13)25-18/h2-10,23H,1H3,(H,20,24). The van der Waals surface area contributed by atoms with E-state index in [0.29, 0.717) is 16.9 Å². The van der Waals surface area contributed by atoms with Crippen LogP contribution in [0, 0.1) is 0 Å². The summed E-state index contributed by atoms with van der Waals surface area (Å²) in [6, 6.07) is 14.5. The molecule has 0 spiro atoms. The lowest BCUT2D eigenvalue weighted by Gasteiger charge is -2.08. The first kappa shape index (κ1) is 15.3. The third-order valence-corrected chi connectivity index (χ3v) is 4.90. The van der Waals surface area contributed by atoms with Crippen LogP contribution in [-0.4, -0.2) is 25.8 Å². The van der Waals surface area contributed by atoms with Crippen LogP contribution < -0.4 is 5.32 Å². The largest absolute Gasteiger partial charge is 0.507 e. The van der Waals surface area contributed by atoms with E-state index in [4.69, 9.17) is 0 Å². The number of nitrogens with zero attached hydrogens (tertiary/aromatic N) is 3. The number of rotatable bonds is 3. The van der Waals surface area contributed by atoms with Gasteiger partial charge in [0.1, 0.15) is 16.5 Å². The topological polar surface area (TPSA) is 80.0 Å². The maximum atomic E-state index is 12.2. The first-order valence-corrected chi connectivity index (χ1v) is 8.42. The lowest BCUT2D eigenvalue weighted by molar-refractivity contribution is 0.101. The van der Waals surface area contributed by atoms with Gasteiger partial charge < -0.3 is 10.4 Å². The summed E-state index contributed by atoms with van der Waals surface area (Å²) in [6.45, 7) is 0. The highest BCUT2D eigenvalue weighted by Crippen LogP contribution is 2.36. The lowest BCUT2D eigenvalue weighted by atomic mass is 10.2. The Morgan fingerprint density at radius 1 is 1.20 bits per heavy atom. The average molecular weight is 350 g/mol. The van der Waals surface area contributed by atoms with Crippen LogP contribution in [-0.2, 0) is 7.05 Å². The van der Waals surface area contributed by atoms with Gasteiger partial charge in [0.05, 0.1) is 15.8 Å². The fraction of sp³-hybridized carbons (Fsp3) is 0.0556. The molecule has 0 atom stereocenters. The molecule has 1 amide bonds. The van der Waals surface area contributed by atoms with Crippen LogP contribution in [0.5, 0.6) is 5.75 Å². The number of aryl methyl sites for hydroxylation is 1. The van der Waals surface area contributed by atoms with Crippen molar-refractivity contribution in [3.8, 4) is 16.3 Å². The maximum Gasteiger partial charge on any atom is 0.273 e. The summed E-state index contributed by atoms with van der Waals surface area (Å²) in [5, 5.41) is 17.8. The number of nitrogens with one attached hydrogen (secondary N) is 1. The van der Waals surface area contributed by atoms with Gasteiger partial charge in [0.2, 0.25) is 0 Å². The molecule has 0 aliphatic rings. The Morgan fingerprint density at radius 2 is 2.04 bits per heavy atom. The third kappa shape index (κ3) is 2.85. The number of amides is 1. The van der Waals surface area contributed by atoms with Gasteiger partial charge in [0.15, 0.2) is 0 Å². The third-order valence-electron chi connectivity index (χ3n) is 3.83. The van der Waals surface area contributed by atoms with Crippen LogP contribution >= 0.6 is 11.3 Å². The molecule has 2 aromatic heterocycles. The van der Waals surface area contributed by atoms with Crippen LogP contribution in [0.25, 0.3) is 20.8 Å². The first-order chi connectivity index (χ1) is 12.1. The van der Waals surface area contributed by atoms with Gasteiger partial charge in [-0.25, -0.2) is 4.98 Å². The van der Waals surface area contributed by atoms with E-state index in [1.54, 1.807) is 31.4 Å². The van der Waals surface area contributed by atoms with Gasteiger partial charge in [-0.2, -0.15) is 5.10 Å². The molecule has 0 unspecified atom stereocenters. The van der Waals surface area contributed by atoms with Crippen LogP contribution in [0.4, 0.5) is 5.69 Å². The summed E-state index contributed by atoms with van der Waals surface area (Å²) in [4.78, 5) is 16.8. The predicted molar refractivity (Wildman–Crippen MR) is 97.9 cm³/mol. The average Bonchev–Trinajstić information content (AvgIpc) is 3.20. The van der Waals surface area contributed by atoms with Crippen molar-refractivity contribution in [2.75, 3.05) is 5.32 Å². The van der Waals surface area contributed by atoms with E-state index in [0.717, 1.165) is 15.2 Å². The van der Waals surface area contributed by atoms with Crippen molar-refractivity contribution < 1.29 is 9.90 Å². The van der Waals surface area contributed by atoms with Gasteiger partial charge >= 0.3 is 0 Å². The second-order valence-corrected chi connectivity index (χ2v) is 6.54. The second-order valence-electron chi connectivity index (χ2n) is 5.51. The number of carbonyl (C=O) groups excluding carboxylic acids is 1. The summed E-state index contributed by atoms with van der Waals surface area (Å²) >= 11 is 1.51. The van der Waals surface area contributed by atoms with Crippen LogP contribution in [0.3, 0.4) is 0 Å². The number of phenols is 1.